The number of urea groups is 1. The van der Waals surface area contributed by atoms with Gasteiger partial charge in [-0.3, -0.25) is 0 Å². The molecule has 1 heterocycles. The molecule has 0 unspecified atom stereocenters. The zero-order valence-corrected chi connectivity index (χ0v) is 15.2. The Balaban J connectivity index is 1.60. The Bertz CT molecular complexity index is 713. The first kappa shape index (κ1) is 17.5. The lowest BCUT2D eigenvalue weighted by Crippen LogP contribution is -2.54. The lowest BCUT2D eigenvalue weighted by molar-refractivity contribution is 0.168. The smallest absolute Gasteiger partial charge is 0.317 e. The number of rotatable bonds is 4. The number of nitrogens with one attached hydrogen (secondary N) is 1. The Kier molecular flexibility index (Phi) is 5.03. The van der Waals surface area contributed by atoms with E-state index in [4.69, 9.17) is 11.6 Å². The van der Waals surface area contributed by atoms with Crippen LogP contribution < -0.4 is 5.32 Å². The zero-order chi connectivity index (χ0) is 17.3. The Labute approximate surface area is 147 Å². The van der Waals surface area contributed by atoms with E-state index in [-0.39, 0.29) is 35.1 Å². The first-order valence-electron chi connectivity index (χ1n) is 8.19. The summed E-state index contributed by atoms with van der Waals surface area (Å²) in [5.74, 6) is 0.593. The van der Waals surface area contributed by atoms with E-state index in [2.05, 4.69) is 5.32 Å². The Morgan fingerprint density at radius 2 is 1.83 bits per heavy atom. The summed E-state index contributed by atoms with van der Waals surface area (Å²) in [6, 6.07) is 6.50. The van der Waals surface area contributed by atoms with E-state index in [0.717, 1.165) is 0 Å². The normalized spacial score (nSPS) is 20.7. The van der Waals surface area contributed by atoms with Gasteiger partial charge in [-0.15, -0.1) is 0 Å². The summed E-state index contributed by atoms with van der Waals surface area (Å²) in [7, 11) is -3.63. The third-order valence-corrected chi connectivity index (χ3v) is 7.06. The molecule has 0 aromatic heterocycles. The number of benzene rings is 1. The van der Waals surface area contributed by atoms with Gasteiger partial charge >= 0.3 is 6.03 Å². The molecule has 1 aliphatic carbocycles. The fourth-order valence-corrected chi connectivity index (χ4v) is 4.84. The minimum absolute atomic E-state index is 0.107. The topological polar surface area (TPSA) is 69.7 Å². The highest BCUT2D eigenvalue weighted by Gasteiger charge is 2.33. The van der Waals surface area contributed by atoms with Crippen LogP contribution in [0.3, 0.4) is 0 Å². The van der Waals surface area contributed by atoms with Crippen molar-refractivity contribution in [2.45, 2.75) is 30.7 Å². The van der Waals surface area contributed by atoms with E-state index in [1.54, 1.807) is 23.1 Å². The van der Waals surface area contributed by atoms with Gasteiger partial charge < -0.3 is 10.2 Å². The molecule has 1 aromatic carbocycles. The van der Waals surface area contributed by atoms with Gasteiger partial charge in [-0.2, -0.15) is 4.31 Å². The van der Waals surface area contributed by atoms with Crippen LogP contribution in [0.2, 0.25) is 5.02 Å². The molecule has 1 N–H and O–H groups in total. The SMILES string of the molecule is C[C@H](NC(=O)N1CCN(S(=O)(=O)c2ccccc2Cl)CC1)C1CC1. The Hall–Kier alpha value is -1.31. The molecule has 8 heteroatoms. The summed E-state index contributed by atoms with van der Waals surface area (Å²) in [5, 5.41) is 3.22. The van der Waals surface area contributed by atoms with Gasteiger partial charge in [0.1, 0.15) is 4.90 Å². The second kappa shape index (κ2) is 6.90. The van der Waals surface area contributed by atoms with Crippen LogP contribution in [0.1, 0.15) is 19.8 Å². The summed E-state index contributed by atoms with van der Waals surface area (Å²) >= 11 is 6.02. The predicted molar refractivity (Wildman–Crippen MR) is 92.5 cm³/mol. The molecule has 1 atom stereocenters. The molecular formula is C16H22ClN3O3S. The van der Waals surface area contributed by atoms with Crippen molar-refractivity contribution in [3.63, 3.8) is 0 Å². The van der Waals surface area contributed by atoms with Crippen molar-refractivity contribution in [1.29, 1.82) is 0 Å². The molecule has 3 rings (SSSR count). The van der Waals surface area contributed by atoms with Crippen molar-refractivity contribution >= 4 is 27.7 Å². The molecule has 6 nitrogen and oxygen atoms in total. The highest BCUT2D eigenvalue weighted by atomic mass is 35.5. The molecule has 2 aliphatic rings. The van der Waals surface area contributed by atoms with Gasteiger partial charge in [-0.1, -0.05) is 23.7 Å². The van der Waals surface area contributed by atoms with Crippen LogP contribution in [0.5, 0.6) is 0 Å². The number of nitrogens with zero attached hydrogens (tertiary/aromatic N) is 2. The fraction of sp³-hybridized carbons (Fsp3) is 0.562. The summed E-state index contributed by atoms with van der Waals surface area (Å²) in [4.78, 5) is 14.0. The average Bonchev–Trinajstić information content (AvgIpc) is 3.40. The Morgan fingerprint density at radius 1 is 1.21 bits per heavy atom. The molecular weight excluding hydrogens is 350 g/mol. The monoisotopic (exact) mass is 371 g/mol. The van der Waals surface area contributed by atoms with Crippen LogP contribution in [0, 0.1) is 5.92 Å². The van der Waals surface area contributed by atoms with Gasteiger partial charge in [0.05, 0.1) is 5.02 Å². The van der Waals surface area contributed by atoms with Crippen LogP contribution in [-0.2, 0) is 10.0 Å². The average molecular weight is 372 g/mol. The first-order valence-corrected chi connectivity index (χ1v) is 10.0. The van der Waals surface area contributed by atoms with Crippen molar-refractivity contribution in [3.05, 3.63) is 29.3 Å². The van der Waals surface area contributed by atoms with Crippen molar-refractivity contribution in [3.8, 4) is 0 Å². The number of piperazine rings is 1. The maximum absolute atomic E-state index is 12.7. The molecule has 2 amide bonds. The standard InChI is InChI=1S/C16H22ClN3O3S/c1-12(13-6-7-13)18-16(21)19-8-10-20(11-9-19)24(22,23)15-5-3-2-4-14(15)17/h2-5,12-13H,6-11H2,1H3,(H,18,21)/t12-/m0/s1. The zero-order valence-electron chi connectivity index (χ0n) is 13.6. The molecule has 24 heavy (non-hydrogen) atoms. The van der Waals surface area contributed by atoms with Crippen molar-refractivity contribution in [1.82, 2.24) is 14.5 Å². The molecule has 0 spiro atoms. The predicted octanol–water partition coefficient (Wildman–Crippen LogP) is 2.15. The molecule has 1 saturated heterocycles. The van der Waals surface area contributed by atoms with E-state index in [0.29, 0.717) is 19.0 Å². The number of halogens is 1. The lowest BCUT2D eigenvalue weighted by Gasteiger charge is -2.34. The molecule has 1 aliphatic heterocycles. The molecule has 132 valence electrons. The molecule has 0 bridgehead atoms. The van der Waals surface area contributed by atoms with E-state index >= 15 is 0 Å². The van der Waals surface area contributed by atoms with Gasteiger partial charge in [-0.05, 0) is 37.8 Å². The number of carbonyl (C=O) groups excluding carboxylic acids is 1. The minimum atomic E-state index is -3.63. The van der Waals surface area contributed by atoms with Gasteiger partial charge in [0.15, 0.2) is 0 Å². The lowest BCUT2D eigenvalue weighted by atomic mass is 10.2. The molecule has 0 radical (unpaired) electrons. The fourth-order valence-electron chi connectivity index (χ4n) is 2.92. The van der Waals surface area contributed by atoms with Crippen LogP contribution in [0.15, 0.2) is 29.2 Å². The molecule has 2 fully saturated rings. The van der Waals surface area contributed by atoms with Crippen LogP contribution in [0.25, 0.3) is 0 Å². The van der Waals surface area contributed by atoms with E-state index in [1.807, 2.05) is 6.92 Å². The van der Waals surface area contributed by atoms with E-state index in [1.165, 1.54) is 23.2 Å². The highest BCUT2D eigenvalue weighted by Crippen LogP contribution is 2.32. The van der Waals surface area contributed by atoms with Crippen molar-refractivity contribution in [2.75, 3.05) is 26.2 Å². The number of carbonyl (C=O) groups is 1. The quantitative estimate of drug-likeness (QED) is 0.881. The first-order chi connectivity index (χ1) is 11.4. The van der Waals surface area contributed by atoms with Crippen molar-refractivity contribution < 1.29 is 13.2 Å². The van der Waals surface area contributed by atoms with E-state index < -0.39 is 10.0 Å². The summed E-state index contributed by atoms with van der Waals surface area (Å²) in [6.45, 7) is 3.34. The minimum Gasteiger partial charge on any atom is -0.335 e. The highest BCUT2D eigenvalue weighted by molar-refractivity contribution is 7.89. The number of hydrogen-bond donors (Lipinski definition) is 1. The number of hydrogen-bond acceptors (Lipinski definition) is 3. The van der Waals surface area contributed by atoms with Crippen LogP contribution in [0.4, 0.5) is 4.79 Å². The third kappa shape index (κ3) is 3.68. The third-order valence-electron chi connectivity index (χ3n) is 4.66. The van der Waals surface area contributed by atoms with E-state index in [9.17, 15) is 13.2 Å². The van der Waals surface area contributed by atoms with Crippen LogP contribution >= 0.6 is 11.6 Å². The summed E-state index contributed by atoms with van der Waals surface area (Å²) < 4.78 is 26.8. The summed E-state index contributed by atoms with van der Waals surface area (Å²) in [6.07, 6.45) is 2.34. The van der Waals surface area contributed by atoms with Crippen molar-refractivity contribution in [2.24, 2.45) is 5.92 Å². The largest absolute Gasteiger partial charge is 0.335 e. The molecule has 1 aromatic rings. The van der Waals surface area contributed by atoms with Crippen LogP contribution in [-0.4, -0.2) is 55.9 Å². The van der Waals surface area contributed by atoms with Gasteiger partial charge in [-0.25, -0.2) is 13.2 Å². The summed E-state index contributed by atoms with van der Waals surface area (Å²) in [5.41, 5.74) is 0. The second-order valence-corrected chi connectivity index (χ2v) is 8.71. The maximum Gasteiger partial charge on any atom is 0.317 e. The van der Waals surface area contributed by atoms with Gasteiger partial charge in [0.2, 0.25) is 10.0 Å². The van der Waals surface area contributed by atoms with Gasteiger partial charge in [0.25, 0.3) is 0 Å². The maximum atomic E-state index is 12.7. The second-order valence-electron chi connectivity index (χ2n) is 6.40. The number of amides is 2. The molecule has 1 saturated carbocycles. The Morgan fingerprint density at radius 3 is 2.42 bits per heavy atom. The van der Waals surface area contributed by atoms with Gasteiger partial charge in [0, 0.05) is 32.2 Å². The number of sulfonamides is 1.